The van der Waals surface area contributed by atoms with Crippen molar-refractivity contribution in [2.75, 3.05) is 0 Å². The van der Waals surface area contributed by atoms with Crippen molar-refractivity contribution in [1.82, 2.24) is 15.2 Å². The van der Waals surface area contributed by atoms with E-state index in [1.807, 2.05) is 63.7 Å². The number of hydrogen-bond donors (Lipinski definition) is 2. The summed E-state index contributed by atoms with van der Waals surface area (Å²) < 4.78 is 7.79. The Labute approximate surface area is 126 Å². The summed E-state index contributed by atoms with van der Waals surface area (Å²) in [6.07, 6.45) is 0.112. The van der Waals surface area contributed by atoms with Crippen molar-refractivity contribution in [2.45, 2.75) is 39.8 Å². The summed E-state index contributed by atoms with van der Waals surface area (Å²) in [5.41, 5.74) is 7.09. The Kier molecular flexibility index (Phi) is 4.65. The maximum absolute atomic E-state index is 5.91. The van der Waals surface area contributed by atoms with E-state index in [1.54, 1.807) is 0 Å². The van der Waals surface area contributed by atoms with Crippen LogP contribution in [-0.2, 0) is 7.05 Å². The highest BCUT2D eigenvalue weighted by Gasteiger charge is 2.23. The first-order valence-electron chi connectivity index (χ1n) is 7.17. The highest BCUT2D eigenvalue weighted by Crippen LogP contribution is 2.33. The second kappa shape index (κ2) is 6.28. The zero-order valence-corrected chi connectivity index (χ0v) is 13.3. The van der Waals surface area contributed by atoms with Crippen LogP contribution < -0.4 is 16.0 Å². The van der Waals surface area contributed by atoms with Gasteiger partial charge >= 0.3 is 0 Å². The van der Waals surface area contributed by atoms with E-state index in [1.165, 1.54) is 0 Å². The predicted octanol–water partition coefficient (Wildman–Crippen LogP) is 2.38. The minimum atomic E-state index is -0.145. The SMILES string of the molecule is Cc1nn(C)c(C)c1C(NN)c1ccccc1OC(C)C. The van der Waals surface area contributed by atoms with Gasteiger partial charge in [0, 0.05) is 23.9 Å². The summed E-state index contributed by atoms with van der Waals surface area (Å²) in [5.74, 6) is 6.69. The average Bonchev–Trinajstić information content (AvgIpc) is 2.67. The molecule has 0 bridgehead atoms. The molecular formula is C16H24N4O. The van der Waals surface area contributed by atoms with Crippen molar-refractivity contribution >= 4 is 0 Å². The molecule has 0 amide bonds. The van der Waals surface area contributed by atoms with E-state index in [0.29, 0.717) is 0 Å². The van der Waals surface area contributed by atoms with Gasteiger partial charge in [-0.1, -0.05) is 18.2 Å². The fourth-order valence-electron chi connectivity index (χ4n) is 2.62. The summed E-state index contributed by atoms with van der Waals surface area (Å²) in [4.78, 5) is 0. The molecule has 114 valence electrons. The lowest BCUT2D eigenvalue weighted by Gasteiger charge is -2.22. The maximum Gasteiger partial charge on any atom is 0.124 e. The number of hydrazine groups is 1. The minimum absolute atomic E-state index is 0.112. The van der Waals surface area contributed by atoms with Gasteiger partial charge in [0.25, 0.3) is 0 Å². The van der Waals surface area contributed by atoms with Gasteiger partial charge in [-0.05, 0) is 33.8 Å². The van der Waals surface area contributed by atoms with Gasteiger partial charge in [-0.25, -0.2) is 5.43 Å². The summed E-state index contributed by atoms with van der Waals surface area (Å²) in [7, 11) is 1.94. The minimum Gasteiger partial charge on any atom is -0.491 e. The number of para-hydroxylation sites is 1. The van der Waals surface area contributed by atoms with Gasteiger partial charge in [-0.2, -0.15) is 5.10 Å². The van der Waals surface area contributed by atoms with Crippen LogP contribution in [0, 0.1) is 13.8 Å². The summed E-state index contributed by atoms with van der Waals surface area (Å²) in [6.45, 7) is 8.08. The number of hydrogen-bond acceptors (Lipinski definition) is 4. The van der Waals surface area contributed by atoms with E-state index >= 15 is 0 Å². The molecule has 1 aromatic heterocycles. The Morgan fingerprint density at radius 1 is 1.24 bits per heavy atom. The molecule has 1 unspecified atom stereocenters. The number of aryl methyl sites for hydroxylation is 2. The fraction of sp³-hybridized carbons (Fsp3) is 0.438. The molecule has 0 aliphatic carbocycles. The molecule has 0 saturated heterocycles. The zero-order valence-electron chi connectivity index (χ0n) is 13.3. The number of ether oxygens (including phenoxy) is 1. The molecule has 0 aliphatic heterocycles. The van der Waals surface area contributed by atoms with Crippen molar-refractivity contribution in [2.24, 2.45) is 12.9 Å². The first-order chi connectivity index (χ1) is 9.95. The highest BCUT2D eigenvalue weighted by molar-refractivity contribution is 5.44. The summed E-state index contributed by atoms with van der Waals surface area (Å²) in [5, 5.41) is 4.48. The van der Waals surface area contributed by atoms with Crippen molar-refractivity contribution in [3.8, 4) is 5.75 Å². The normalized spacial score (nSPS) is 12.7. The topological polar surface area (TPSA) is 65.1 Å². The summed E-state index contributed by atoms with van der Waals surface area (Å²) >= 11 is 0. The van der Waals surface area contributed by atoms with E-state index in [9.17, 15) is 0 Å². The van der Waals surface area contributed by atoms with Crippen LogP contribution in [0.25, 0.3) is 0 Å². The lowest BCUT2D eigenvalue weighted by molar-refractivity contribution is 0.238. The maximum atomic E-state index is 5.91. The van der Waals surface area contributed by atoms with Crippen molar-refractivity contribution in [3.63, 3.8) is 0 Å². The lowest BCUT2D eigenvalue weighted by atomic mass is 9.96. The first-order valence-corrected chi connectivity index (χ1v) is 7.17. The molecule has 0 radical (unpaired) electrons. The largest absolute Gasteiger partial charge is 0.491 e. The molecule has 1 aromatic carbocycles. The predicted molar refractivity (Wildman–Crippen MR) is 84.1 cm³/mol. The highest BCUT2D eigenvalue weighted by atomic mass is 16.5. The van der Waals surface area contributed by atoms with E-state index in [4.69, 9.17) is 10.6 Å². The van der Waals surface area contributed by atoms with E-state index in [2.05, 4.69) is 10.5 Å². The van der Waals surface area contributed by atoms with Crippen LogP contribution in [0.2, 0.25) is 0 Å². The Bertz CT molecular complexity index is 619. The molecule has 1 heterocycles. The lowest BCUT2D eigenvalue weighted by Crippen LogP contribution is -2.30. The molecule has 21 heavy (non-hydrogen) atoms. The monoisotopic (exact) mass is 288 g/mol. The van der Waals surface area contributed by atoms with Crippen LogP contribution in [0.4, 0.5) is 0 Å². The van der Waals surface area contributed by atoms with Gasteiger partial charge in [-0.15, -0.1) is 0 Å². The number of benzene rings is 1. The molecule has 0 saturated carbocycles. The molecule has 2 rings (SSSR count). The Hall–Kier alpha value is -1.85. The average molecular weight is 288 g/mol. The molecule has 0 spiro atoms. The van der Waals surface area contributed by atoms with Gasteiger partial charge in [0.1, 0.15) is 5.75 Å². The van der Waals surface area contributed by atoms with Gasteiger partial charge in [-0.3, -0.25) is 10.5 Å². The molecule has 0 aliphatic rings. The second-order valence-electron chi connectivity index (χ2n) is 5.51. The van der Waals surface area contributed by atoms with E-state index in [-0.39, 0.29) is 12.1 Å². The molecule has 3 N–H and O–H groups in total. The van der Waals surface area contributed by atoms with Crippen molar-refractivity contribution < 1.29 is 4.74 Å². The number of rotatable bonds is 5. The molecule has 0 fully saturated rings. The second-order valence-corrected chi connectivity index (χ2v) is 5.51. The van der Waals surface area contributed by atoms with E-state index < -0.39 is 0 Å². The molecule has 2 aromatic rings. The molecule has 5 nitrogen and oxygen atoms in total. The van der Waals surface area contributed by atoms with Gasteiger partial charge < -0.3 is 4.74 Å². The van der Waals surface area contributed by atoms with Crippen LogP contribution in [0.5, 0.6) is 5.75 Å². The fourth-order valence-corrected chi connectivity index (χ4v) is 2.62. The van der Waals surface area contributed by atoms with E-state index in [0.717, 1.165) is 28.3 Å². The first kappa shape index (κ1) is 15.5. The smallest absolute Gasteiger partial charge is 0.124 e. The quantitative estimate of drug-likeness (QED) is 0.655. The third-order valence-corrected chi connectivity index (χ3v) is 3.61. The summed E-state index contributed by atoms with van der Waals surface area (Å²) in [6, 6.07) is 7.83. The van der Waals surface area contributed by atoms with Gasteiger partial charge in [0.2, 0.25) is 0 Å². The molecule has 1 atom stereocenters. The number of nitrogens with one attached hydrogen (secondary N) is 1. The van der Waals surface area contributed by atoms with Crippen molar-refractivity contribution in [1.29, 1.82) is 0 Å². The third kappa shape index (κ3) is 3.09. The molecular weight excluding hydrogens is 264 g/mol. The third-order valence-electron chi connectivity index (χ3n) is 3.61. The van der Waals surface area contributed by atoms with Gasteiger partial charge in [0.05, 0.1) is 17.8 Å². The number of nitrogens with zero attached hydrogens (tertiary/aromatic N) is 2. The molecule has 5 heteroatoms. The van der Waals surface area contributed by atoms with Crippen LogP contribution in [0.15, 0.2) is 24.3 Å². The Morgan fingerprint density at radius 3 is 2.43 bits per heavy atom. The van der Waals surface area contributed by atoms with Crippen LogP contribution in [-0.4, -0.2) is 15.9 Å². The Morgan fingerprint density at radius 2 is 1.90 bits per heavy atom. The Balaban J connectivity index is 2.52. The number of nitrogens with two attached hydrogens (primary N) is 1. The zero-order chi connectivity index (χ0) is 15.6. The van der Waals surface area contributed by atoms with Crippen LogP contribution in [0.3, 0.4) is 0 Å². The number of aromatic nitrogens is 2. The standard InChI is InChI=1S/C16H24N4O/c1-10(2)21-14-9-7-6-8-13(14)16(18-17)15-11(3)19-20(5)12(15)4/h6-10,16,18H,17H2,1-5H3. The van der Waals surface area contributed by atoms with Gasteiger partial charge in [0.15, 0.2) is 0 Å². The van der Waals surface area contributed by atoms with Crippen LogP contribution >= 0.6 is 0 Å². The van der Waals surface area contributed by atoms with Crippen LogP contribution in [0.1, 0.15) is 42.4 Å². The van der Waals surface area contributed by atoms with Crippen molar-refractivity contribution in [3.05, 3.63) is 46.8 Å².